The number of likely N-dealkylation sites (tertiary alicyclic amines) is 1. The summed E-state index contributed by atoms with van der Waals surface area (Å²) in [7, 11) is 0. The van der Waals surface area contributed by atoms with Crippen LogP contribution in [0, 0.1) is 16.0 Å². The second-order valence-electron chi connectivity index (χ2n) is 7.44. The molecule has 1 N–H and O–H groups in total. The summed E-state index contributed by atoms with van der Waals surface area (Å²) in [4.78, 5) is 26.3. The molecule has 0 saturated carbocycles. The molecule has 154 valence electrons. The van der Waals surface area contributed by atoms with E-state index in [1.54, 1.807) is 23.9 Å². The highest BCUT2D eigenvalue weighted by Crippen LogP contribution is 2.24. The van der Waals surface area contributed by atoms with Gasteiger partial charge in [-0.05, 0) is 55.3 Å². The van der Waals surface area contributed by atoms with Gasteiger partial charge in [-0.15, -0.1) is 11.8 Å². The number of hydrogen-bond donors (Lipinski definition) is 1. The summed E-state index contributed by atoms with van der Waals surface area (Å²) in [6.45, 7) is 3.77. The van der Waals surface area contributed by atoms with Gasteiger partial charge in [0.1, 0.15) is 0 Å². The van der Waals surface area contributed by atoms with E-state index in [-0.39, 0.29) is 18.0 Å². The fourth-order valence-corrected chi connectivity index (χ4v) is 4.27. The molecule has 1 saturated heterocycles. The van der Waals surface area contributed by atoms with Crippen molar-refractivity contribution in [1.29, 1.82) is 0 Å². The summed E-state index contributed by atoms with van der Waals surface area (Å²) in [5, 5.41) is 13.7. The molecular formula is C22H27N3O3S. The van der Waals surface area contributed by atoms with E-state index in [1.807, 2.05) is 0 Å². The van der Waals surface area contributed by atoms with E-state index < -0.39 is 4.92 Å². The normalized spacial score (nSPS) is 15.2. The second-order valence-corrected chi connectivity index (χ2v) is 8.28. The Kier molecular flexibility index (Phi) is 7.66. The fourth-order valence-electron chi connectivity index (χ4n) is 3.66. The van der Waals surface area contributed by atoms with Gasteiger partial charge in [0.15, 0.2) is 0 Å². The highest BCUT2D eigenvalue weighted by atomic mass is 32.2. The molecule has 29 heavy (non-hydrogen) atoms. The van der Waals surface area contributed by atoms with Gasteiger partial charge in [0.2, 0.25) is 5.91 Å². The molecule has 1 aliphatic heterocycles. The number of non-ortho nitro benzene ring substituents is 1. The smallest absolute Gasteiger partial charge is 0.269 e. The maximum atomic E-state index is 12.2. The molecule has 0 bridgehead atoms. The fraction of sp³-hybridized carbons (Fsp3) is 0.409. The Morgan fingerprint density at radius 2 is 1.86 bits per heavy atom. The van der Waals surface area contributed by atoms with Gasteiger partial charge in [-0.2, -0.15) is 0 Å². The molecule has 2 aromatic carbocycles. The average Bonchev–Trinajstić information content (AvgIpc) is 2.74. The van der Waals surface area contributed by atoms with Gasteiger partial charge in [-0.25, -0.2) is 0 Å². The van der Waals surface area contributed by atoms with E-state index in [0.29, 0.717) is 12.5 Å². The molecule has 2 aromatic rings. The highest BCUT2D eigenvalue weighted by Gasteiger charge is 2.20. The van der Waals surface area contributed by atoms with Crippen molar-refractivity contribution in [2.45, 2.75) is 30.7 Å². The predicted molar refractivity (Wildman–Crippen MR) is 116 cm³/mol. The lowest BCUT2D eigenvalue weighted by molar-refractivity contribution is -0.384. The molecule has 0 radical (unpaired) electrons. The first-order valence-electron chi connectivity index (χ1n) is 9.89. The average molecular weight is 414 g/mol. The van der Waals surface area contributed by atoms with Crippen molar-refractivity contribution in [2.75, 3.05) is 25.9 Å². The molecule has 0 aliphatic carbocycles. The van der Waals surface area contributed by atoms with Crippen LogP contribution in [0.15, 0.2) is 53.4 Å². The number of carbonyl (C=O) groups is 1. The summed E-state index contributed by atoms with van der Waals surface area (Å²) >= 11 is 1.79. The summed E-state index contributed by atoms with van der Waals surface area (Å²) < 4.78 is 0. The molecule has 1 aliphatic rings. The number of nitro groups is 1. The molecule has 1 amide bonds. The Morgan fingerprint density at radius 3 is 2.52 bits per heavy atom. The molecule has 1 fully saturated rings. The number of carbonyl (C=O) groups excluding carboxylic acids is 1. The zero-order chi connectivity index (χ0) is 20.6. The minimum Gasteiger partial charge on any atom is -0.356 e. The van der Waals surface area contributed by atoms with Crippen molar-refractivity contribution in [3.05, 3.63) is 69.8 Å². The first-order chi connectivity index (χ1) is 14.0. The van der Waals surface area contributed by atoms with Crippen molar-refractivity contribution < 1.29 is 9.72 Å². The Balaban J connectivity index is 1.39. The van der Waals surface area contributed by atoms with Crippen LogP contribution in [0.1, 0.15) is 24.0 Å². The molecule has 1 heterocycles. The van der Waals surface area contributed by atoms with Crippen molar-refractivity contribution in [1.82, 2.24) is 10.2 Å². The Bertz CT molecular complexity index is 833. The van der Waals surface area contributed by atoms with Crippen LogP contribution in [-0.2, 0) is 17.8 Å². The van der Waals surface area contributed by atoms with Crippen molar-refractivity contribution in [2.24, 2.45) is 5.92 Å². The minimum atomic E-state index is -0.435. The molecule has 0 spiro atoms. The lowest BCUT2D eigenvalue weighted by Gasteiger charge is -2.32. The molecule has 6 nitrogen and oxygen atoms in total. The van der Waals surface area contributed by atoms with E-state index in [9.17, 15) is 14.9 Å². The van der Waals surface area contributed by atoms with Crippen LogP contribution in [0.3, 0.4) is 0 Å². The Hall–Kier alpha value is -2.38. The van der Waals surface area contributed by atoms with Crippen LogP contribution >= 0.6 is 11.8 Å². The number of hydrogen-bond acceptors (Lipinski definition) is 5. The van der Waals surface area contributed by atoms with E-state index >= 15 is 0 Å². The number of amides is 1. The van der Waals surface area contributed by atoms with Crippen LogP contribution in [0.2, 0.25) is 0 Å². The van der Waals surface area contributed by atoms with Crippen molar-refractivity contribution in [3.63, 3.8) is 0 Å². The topological polar surface area (TPSA) is 75.5 Å². The van der Waals surface area contributed by atoms with Crippen molar-refractivity contribution >= 4 is 23.4 Å². The zero-order valence-electron chi connectivity index (χ0n) is 16.7. The number of benzene rings is 2. The first kappa shape index (κ1) is 21.3. The highest BCUT2D eigenvalue weighted by molar-refractivity contribution is 7.98. The third-order valence-corrected chi connectivity index (χ3v) is 6.23. The molecular weight excluding hydrogens is 386 g/mol. The summed E-state index contributed by atoms with van der Waals surface area (Å²) in [6.07, 6.45) is 4.53. The van der Waals surface area contributed by atoms with Gasteiger partial charge < -0.3 is 5.32 Å². The molecule has 0 unspecified atom stereocenters. The molecule has 3 rings (SSSR count). The molecule has 0 aromatic heterocycles. The maximum absolute atomic E-state index is 12.2. The lowest BCUT2D eigenvalue weighted by Crippen LogP contribution is -2.38. The van der Waals surface area contributed by atoms with Gasteiger partial charge in [0, 0.05) is 30.1 Å². The van der Waals surface area contributed by atoms with Gasteiger partial charge in [-0.1, -0.05) is 30.3 Å². The Labute approximate surface area is 175 Å². The predicted octanol–water partition coefficient (Wildman–Crippen LogP) is 3.89. The third-order valence-electron chi connectivity index (χ3n) is 5.39. The van der Waals surface area contributed by atoms with Gasteiger partial charge in [0.05, 0.1) is 11.3 Å². The van der Waals surface area contributed by atoms with Crippen LogP contribution in [-0.4, -0.2) is 41.6 Å². The number of nitrogens with one attached hydrogen (secondary N) is 1. The zero-order valence-corrected chi connectivity index (χ0v) is 17.5. The van der Waals surface area contributed by atoms with E-state index in [4.69, 9.17) is 0 Å². The van der Waals surface area contributed by atoms with E-state index in [1.165, 1.54) is 22.6 Å². The SMILES string of the molecule is CSc1ccccc1CN1CCC(CNC(=O)Cc2ccc([N+](=O)[O-])cc2)CC1. The Morgan fingerprint density at radius 1 is 1.17 bits per heavy atom. The number of nitrogens with zero attached hydrogens (tertiary/aromatic N) is 2. The van der Waals surface area contributed by atoms with E-state index in [0.717, 1.165) is 38.0 Å². The van der Waals surface area contributed by atoms with Gasteiger partial charge in [0.25, 0.3) is 5.69 Å². The van der Waals surface area contributed by atoms with Gasteiger partial charge in [-0.3, -0.25) is 19.8 Å². The number of thioether (sulfide) groups is 1. The largest absolute Gasteiger partial charge is 0.356 e. The lowest BCUT2D eigenvalue weighted by atomic mass is 9.96. The summed E-state index contributed by atoms with van der Waals surface area (Å²) in [5.41, 5.74) is 2.21. The summed E-state index contributed by atoms with van der Waals surface area (Å²) in [5.74, 6) is 0.470. The standard InChI is InChI=1S/C22H27N3O3S/c1-29-21-5-3-2-4-19(21)16-24-12-10-18(11-13-24)15-23-22(26)14-17-6-8-20(9-7-17)25(27)28/h2-9,18H,10-16H2,1H3,(H,23,26). The quantitative estimate of drug-likeness (QED) is 0.404. The number of rotatable bonds is 8. The van der Waals surface area contributed by atoms with Crippen LogP contribution in [0.5, 0.6) is 0 Å². The monoisotopic (exact) mass is 413 g/mol. The third kappa shape index (κ3) is 6.30. The van der Waals surface area contributed by atoms with E-state index in [2.05, 4.69) is 40.7 Å². The van der Waals surface area contributed by atoms with Gasteiger partial charge >= 0.3 is 0 Å². The molecule has 7 heteroatoms. The second kappa shape index (κ2) is 10.4. The maximum Gasteiger partial charge on any atom is 0.269 e. The van der Waals surface area contributed by atoms with Crippen LogP contribution in [0.25, 0.3) is 0 Å². The number of nitro benzene ring substituents is 1. The minimum absolute atomic E-state index is 0.0322. The van der Waals surface area contributed by atoms with Crippen LogP contribution in [0.4, 0.5) is 5.69 Å². The van der Waals surface area contributed by atoms with Crippen molar-refractivity contribution in [3.8, 4) is 0 Å². The first-order valence-corrected chi connectivity index (χ1v) is 11.1. The van der Waals surface area contributed by atoms with Crippen LogP contribution < -0.4 is 5.32 Å². The summed E-state index contributed by atoms with van der Waals surface area (Å²) in [6, 6.07) is 14.7. The molecule has 0 atom stereocenters. The number of piperidine rings is 1.